The van der Waals surface area contributed by atoms with Crippen molar-refractivity contribution >= 4 is 17.3 Å². The van der Waals surface area contributed by atoms with Crippen molar-refractivity contribution in [3.05, 3.63) is 29.6 Å². The Bertz CT molecular complexity index is 399. The molecule has 1 aliphatic rings. The second-order valence-electron chi connectivity index (χ2n) is 5.40. The van der Waals surface area contributed by atoms with Crippen LogP contribution in [0.2, 0.25) is 0 Å². The molecule has 0 N–H and O–H groups in total. The molecule has 0 aliphatic heterocycles. The van der Waals surface area contributed by atoms with Crippen LogP contribution in [0.4, 0.5) is 10.1 Å². The third-order valence-corrected chi connectivity index (χ3v) is 4.41. The summed E-state index contributed by atoms with van der Waals surface area (Å²) >= 11 is 5.88. The van der Waals surface area contributed by atoms with Crippen LogP contribution in [0.1, 0.15) is 38.2 Å². The van der Waals surface area contributed by atoms with Gasteiger partial charge in [-0.1, -0.05) is 13.0 Å². The fraction of sp³-hybridized carbons (Fsp3) is 0.600. The van der Waals surface area contributed by atoms with E-state index in [2.05, 4.69) is 18.9 Å². The van der Waals surface area contributed by atoms with E-state index < -0.39 is 0 Å². The van der Waals surface area contributed by atoms with Gasteiger partial charge < -0.3 is 4.90 Å². The maximum Gasteiger partial charge on any atom is 0.129 e. The lowest BCUT2D eigenvalue weighted by Crippen LogP contribution is -2.35. The molecule has 0 bridgehead atoms. The van der Waals surface area contributed by atoms with E-state index in [0.29, 0.717) is 11.6 Å². The standard InChI is InChI=1S/C15H21ClFN/c1-11-6-8-12(9-7-11)18(2)15-5-3-4-14(17)13(15)10-16/h3-5,11-12H,6-10H2,1-2H3. The normalized spacial score (nSPS) is 24.0. The first kappa shape index (κ1) is 13.7. The minimum Gasteiger partial charge on any atom is -0.371 e. The second-order valence-corrected chi connectivity index (χ2v) is 5.66. The van der Waals surface area contributed by atoms with Crippen LogP contribution in [-0.2, 0) is 5.88 Å². The Morgan fingerprint density at radius 3 is 2.56 bits per heavy atom. The molecule has 1 aromatic carbocycles. The van der Waals surface area contributed by atoms with Crippen molar-refractivity contribution in [3.63, 3.8) is 0 Å². The van der Waals surface area contributed by atoms with E-state index in [-0.39, 0.29) is 11.7 Å². The summed E-state index contributed by atoms with van der Waals surface area (Å²) < 4.78 is 13.7. The Labute approximate surface area is 114 Å². The molecule has 1 aromatic rings. The third kappa shape index (κ3) is 2.80. The van der Waals surface area contributed by atoms with Gasteiger partial charge in [0.15, 0.2) is 0 Å². The van der Waals surface area contributed by atoms with Crippen LogP contribution in [0.3, 0.4) is 0 Å². The van der Waals surface area contributed by atoms with Gasteiger partial charge in [-0.3, -0.25) is 0 Å². The van der Waals surface area contributed by atoms with Gasteiger partial charge in [0.25, 0.3) is 0 Å². The van der Waals surface area contributed by atoms with E-state index in [0.717, 1.165) is 11.6 Å². The SMILES string of the molecule is CC1CCC(N(C)c2cccc(F)c2CCl)CC1. The summed E-state index contributed by atoms with van der Waals surface area (Å²) in [6, 6.07) is 5.74. The highest BCUT2D eigenvalue weighted by Crippen LogP contribution is 2.32. The van der Waals surface area contributed by atoms with Crippen LogP contribution in [0.25, 0.3) is 0 Å². The van der Waals surface area contributed by atoms with Crippen molar-refractivity contribution < 1.29 is 4.39 Å². The fourth-order valence-corrected chi connectivity index (χ4v) is 3.10. The van der Waals surface area contributed by atoms with E-state index >= 15 is 0 Å². The largest absolute Gasteiger partial charge is 0.371 e. The maximum atomic E-state index is 13.7. The molecule has 100 valence electrons. The van der Waals surface area contributed by atoms with Gasteiger partial charge in [-0.25, -0.2) is 4.39 Å². The Hall–Kier alpha value is -0.760. The van der Waals surface area contributed by atoms with Crippen molar-refractivity contribution in [1.82, 2.24) is 0 Å². The average Bonchev–Trinajstić information content (AvgIpc) is 2.38. The summed E-state index contributed by atoms with van der Waals surface area (Å²) in [7, 11) is 2.06. The van der Waals surface area contributed by atoms with Crippen LogP contribution < -0.4 is 4.90 Å². The second kappa shape index (κ2) is 5.92. The zero-order valence-electron chi connectivity index (χ0n) is 11.1. The Kier molecular flexibility index (Phi) is 4.50. The van der Waals surface area contributed by atoms with E-state index in [1.807, 2.05) is 6.07 Å². The Balaban J connectivity index is 2.18. The lowest BCUT2D eigenvalue weighted by Gasteiger charge is -2.36. The summed E-state index contributed by atoms with van der Waals surface area (Å²) in [6.45, 7) is 2.31. The van der Waals surface area contributed by atoms with Gasteiger partial charge in [0.05, 0.1) is 5.88 Å². The molecule has 2 rings (SSSR count). The molecule has 1 fully saturated rings. The summed E-state index contributed by atoms with van der Waals surface area (Å²) in [5, 5.41) is 0. The third-order valence-electron chi connectivity index (χ3n) is 4.14. The van der Waals surface area contributed by atoms with Crippen LogP contribution in [0.5, 0.6) is 0 Å². The number of rotatable bonds is 3. The maximum absolute atomic E-state index is 13.7. The first-order valence-electron chi connectivity index (χ1n) is 6.69. The Morgan fingerprint density at radius 2 is 1.94 bits per heavy atom. The summed E-state index contributed by atoms with van der Waals surface area (Å²) in [5.41, 5.74) is 1.57. The van der Waals surface area contributed by atoms with Crippen molar-refractivity contribution in [2.75, 3.05) is 11.9 Å². The van der Waals surface area contributed by atoms with Gasteiger partial charge in [0.2, 0.25) is 0 Å². The summed E-state index contributed by atoms with van der Waals surface area (Å²) in [6.07, 6.45) is 4.91. The molecule has 18 heavy (non-hydrogen) atoms. The smallest absolute Gasteiger partial charge is 0.129 e. The number of anilines is 1. The molecule has 0 saturated heterocycles. The monoisotopic (exact) mass is 269 g/mol. The van der Waals surface area contributed by atoms with Crippen LogP contribution in [-0.4, -0.2) is 13.1 Å². The van der Waals surface area contributed by atoms with Crippen molar-refractivity contribution in [2.45, 2.75) is 44.5 Å². The number of hydrogen-bond acceptors (Lipinski definition) is 1. The molecular weight excluding hydrogens is 249 g/mol. The number of benzene rings is 1. The molecule has 0 heterocycles. The minimum atomic E-state index is -0.196. The van der Waals surface area contributed by atoms with Crippen molar-refractivity contribution in [2.24, 2.45) is 5.92 Å². The highest BCUT2D eigenvalue weighted by atomic mass is 35.5. The highest BCUT2D eigenvalue weighted by molar-refractivity contribution is 6.17. The molecular formula is C15H21ClFN. The molecule has 1 aliphatic carbocycles. The molecule has 0 radical (unpaired) electrons. The lowest BCUT2D eigenvalue weighted by molar-refractivity contribution is 0.340. The van der Waals surface area contributed by atoms with Gasteiger partial charge in [0, 0.05) is 24.3 Å². The zero-order chi connectivity index (χ0) is 13.1. The summed E-state index contributed by atoms with van der Waals surface area (Å²) in [4.78, 5) is 2.21. The van der Waals surface area contributed by atoms with E-state index in [1.165, 1.54) is 31.7 Å². The van der Waals surface area contributed by atoms with Gasteiger partial charge in [-0.05, 0) is 43.7 Å². The number of hydrogen-bond donors (Lipinski definition) is 0. The predicted molar refractivity (Wildman–Crippen MR) is 75.8 cm³/mol. The molecule has 3 heteroatoms. The lowest BCUT2D eigenvalue weighted by atomic mass is 9.86. The quantitative estimate of drug-likeness (QED) is 0.726. The molecule has 1 saturated carbocycles. The number of nitrogens with zero attached hydrogens (tertiary/aromatic N) is 1. The van der Waals surface area contributed by atoms with Gasteiger partial charge in [-0.2, -0.15) is 0 Å². The minimum absolute atomic E-state index is 0.196. The van der Waals surface area contributed by atoms with Gasteiger partial charge in [-0.15, -0.1) is 11.6 Å². The van der Waals surface area contributed by atoms with Gasteiger partial charge >= 0.3 is 0 Å². The number of halogens is 2. The molecule has 0 amide bonds. The van der Waals surface area contributed by atoms with Crippen molar-refractivity contribution in [1.29, 1.82) is 0 Å². The molecule has 1 nitrogen and oxygen atoms in total. The first-order valence-corrected chi connectivity index (χ1v) is 7.23. The summed E-state index contributed by atoms with van der Waals surface area (Å²) in [5.74, 6) is 0.864. The van der Waals surface area contributed by atoms with Gasteiger partial charge in [0.1, 0.15) is 5.82 Å². The molecule has 0 aromatic heterocycles. The van der Waals surface area contributed by atoms with E-state index in [4.69, 9.17) is 11.6 Å². The molecule has 0 atom stereocenters. The van der Waals surface area contributed by atoms with Crippen LogP contribution >= 0.6 is 11.6 Å². The van der Waals surface area contributed by atoms with Crippen molar-refractivity contribution in [3.8, 4) is 0 Å². The Morgan fingerprint density at radius 1 is 1.28 bits per heavy atom. The highest BCUT2D eigenvalue weighted by Gasteiger charge is 2.23. The van der Waals surface area contributed by atoms with Crippen LogP contribution in [0, 0.1) is 11.7 Å². The predicted octanol–water partition coefficient (Wildman–Crippen LogP) is 4.58. The van der Waals surface area contributed by atoms with Crippen LogP contribution in [0.15, 0.2) is 18.2 Å². The zero-order valence-corrected chi connectivity index (χ0v) is 11.9. The topological polar surface area (TPSA) is 3.24 Å². The molecule has 0 spiro atoms. The van der Waals surface area contributed by atoms with E-state index in [9.17, 15) is 4.39 Å². The molecule has 0 unspecified atom stereocenters. The average molecular weight is 270 g/mol. The van der Waals surface area contributed by atoms with E-state index in [1.54, 1.807) is 6.07 Å². The first-order chi connectivity index (χ1) is 8.63. The fourth-order valence-electron chi connectivity index (χ4n) is 2.84. The number of alkyl halides is 1.